The normalized spacial score (nSPS) is 26.1. The van der Waals surface area contributed by atoms with E-state index in [1.54, 1.807) is 0 Å². The smallest absolute Gasteiger partial charge is 0.123 e. The van der Waals surface area contributed by atoms with Gasteiger partial charge in [-0.05, 0) is 24.8 Å². The first-order chi connectivity index (χ1) is 7.38. The van der Waals surface area contributed by atoms with Crippen molar-refractivity contribution in [1.82, 2.24) is 0 Å². The van der Waals surface area contributed by atoms with Crippen molar-refractivity contribution in [2.75, 3.05) is 5.75 Å². The Bertz CT molecular complexity index is 302. The van der Waals surface area contributed by atoms with E-state index in [1.165, 1.54) is 12.0 Å². The van der Waals surface area contributed by atoms with Crippen LogP contribution in [-0.4, -0.2) is 17.3 Å². The van der Waals surface area contributed by atoms with Crippen molar-refractivity contribution >= 4 is 18.0 Å². The van der Waals surface area contributed by atoms with E-state index in [2.05, 4.69) is 30.3 Å². The van der Waals surface area contributed by atoms with Crippen molar-refractivity contribution in [3.8, 4) is 0 Å². The van der Waals surface area contributed by atoms with Gasteiger partial charge in [0, 0.05) is 16.9 Å². The molecule has 2 atom stereocenters. The van der Waals surface area contributed by atoms with Gasteiger partial charge in [0.1, 0.15) is 6.29 Å². The molecule has 1 heterocycles. The molecule has 0 aliphatic carbocycles. The van der Waals surface area contributed by atoms with Gasteiger partial charge in [0.05, 0.1) is 0 Å². The SMILES string of the molecule is O=CC1CCC(Cc2ccccc2)SC1. The molecular weight excluding hydrogens is 204 g/mol. The maximum atomic E-state index is 10.6. The Balaban J connectivity index is 1.85. The predicted octanol–water partition coefficient (Wildman–Crippen LogP) is 2.94. The van der Waals surface area contributed by atoms with Crippen LogP contribution in [0.25, 0.3) is 0 Å². The number of carbonyl (C=O) groups is 1. The summed E-state index contributed by atoms with van der Waals surface area (Å²) in [5.41, 5.74) is 1.42. The molecular formula is C13H16OS. The topological polar surface area (TPSA) is 17.1 Å². The van der Waals surface area contributed by atoms with E-state index in [4.69, 9.17) is 0 Å². The number of aldehydes is 1. The zero-order valence-corrected chi connectivity index (χ0v) is 9.58. The van der Waals surface area contributed by atoms with Crippen LogP contribution in [0.2, 0.25) is 0 Å². The molecule has 1 aliphatic rings. The van der Waals surface area contributed by atoms with Crippen LogP contribution >= 0.6 is 11.8 Å². The van der Waals surface area contributed by atoms with Gasteiger partial charge < -0.3 is 4.79 Å². The highest BCUT2D eigenvalue weighted by molar-refractivity contribution is 8.00. The zero-order chi connectivity index (χ0) is 10.5. The minimum atomic E-state index is 0.307. The molecule has 1 saturated heterocycles. The average molecular weight is 220 g/mol. The maximum absolute atomic E-state index is 10.6. The summed E-state index contributed by atoms with van der Waals surface area (Å²) >= 11 is 1.96. The summed E-state index contributed by atoms with van der Waals surface area (Å²) in [6.07, 6.45) is 4.53. The van der Waals surface area contributed by atoms with E-state index < -0.39 is 0 Å². The van der Waals surface area contributed by atoms with Gasteiger partial charge in [-0.2, -0.15) is 11.8 Å². The Morgan fingerprint density at radius 2 is 2.07 bits per heavy atom. The maximum Gasteiger partial charge on any atom is 0.123 e. The van der Waals surface area contributed by atoms with Crippen LogP contribution < -0.4 is 0 Å². The molecule has 0 spiro atoms. The highest BCUT2D eigenvalue weighted by atomic mass is 32.2. The summed E-state index contributed by atoms with van der Waals surface area (Å²) in [6.45, 7) is 0. The summed E-state index contributed by atoms with van der Waals surface area (Å²) < 4.78 is 0. The first-order valence-corrected chi connectivity index (χ1v) is 6.54. The molecule has 2 rings (SSSR count). The summed E-state index contributed by atoms with van der Waals surface area (Å²) in [5.74, 6) is 1.32. The van der Waals surface area contributed by atoms with E-state index in [0.717, 1.165) is 24.9 Å². The molecule has 0 aromatic heterocycles. The Kier molecular flexibility index (Phi) is 3.84. The molecule has 2 heteroatoms. The van der Waals surface area contributed by atoms with Crippen LogP contribution in [0.4, 0.5) is 0 Å². The van der Waals surface area contributed by atoms with E-state index in [-0.39, 0.29) is 0 Å². The minimum absolute atomic E-state index is 0.307. The standard InChI is InChI=1S/C13H16OS/c14-9-12-6-7-13(15-10-12)8-11-4-2-1-3-5-11/h1-5,9,12-13H,6-8,10H2. The number of thioether (sulfide) groups is 1. The van der Waals surface area contributed by atoms with E-state index in [0.29, 0.717) is 11.2 Å². The second kappa shape index (κ2) is 5.36. The van der Waals surface area contributed by atoms with Gasteiger partial charge >= 0.3 is 0 Å². The van der Waals surface area contributed by atoms with E-state index >= 15 is 0 Å². The third kappa shape index (κ3) is 3.10. The summed E-state index contributed by atoms with van der Waals surface area (Å²) in [5, 5.41) is 0.712. The fraction of sp³-hybridized carbons (Fsp3) is 0.462. The number of hydrogen-bond donors (Lipinski definition) is 0. The zero-order valence-electron chi connectivity index (χ0n) is 8.76. The Labute approximate surface area is 95.3 Å². The predicted molar refractivity (Wildman–Crippen MR) is 65.2 cm³/mol. The van der Waals surface area contributed by atoms with Crippen LogP contribution in [0, 0.1) is 5.92 Å². The Morgan fingerprint density at radius 3 is 2.67 bits per heavy atom. The first kappa shape index (κ1) is 10.7. The number of rotatable bonds is 3. The van der Waals surface area contributed by atoms with Crippen molar-refractivity contribution < 1.29 is 4.79 Å². The fourth-order valence-corrected chi connectivity index (χ4v) is 3.35. The van der Waals surface area contributed by atoms with Crippen LogP contribution in [0.5, 0.6) is 0 Å². The van der Waals surface area contributed by atoms with Gasteiger partial charge in [-0.3, -0.25) is 0 Å². The molecule has 80 valence electrons. The average Bonchev–Trinajstić information content (AvgIpc) is 2.31. The number of hydrogen-bond acceptors (Lipinski definition) is 2. The van der Waals surface area contributed by atoms with Crippen molar-refractivity contribution in [3.63, 3.8) is 0 Å². The highest BCUT2D eigenvalue weighted by Crippen LogP contribution is 2.30. The van der Waals surface area contributed by atoms with Crippen LogP contribution in [0.3, 0.4) is 0 Å². The first-order valence-electron chi connectivity index (χ1n) is 5.49. The highest BCUT2D eigenvalue weighted by Gasteiger charge is 2.20. The van der Waals surface area contributed by atoms with Crippen LogP contribution in [0.1, 0.15) is 18.4 Å². The van der Waals surface area contributed by atoms with Crippen LogP contribution in [0.15, 0.2) is 30.3 Å². The quantitative estimate of drug-likeness (QED) is 0.729. The molecule has 0 amide bonds. The molecule has 1 aromatic carbocycles. The van der Waals surface area contributed by atoms with Crippen molar-refractivity contribution in [2.45, 2.75) is 24.5 Å². The lowest BCUT2D eigenvalue weighted by molar-refractivity contribution is -0.110. The van der Waals surface area contributed by atoms with Crippen molar-refractivity contribution in [1.29, 1.82) is 0 Å². The van der Waals surface area contributed by atoms with E-state index in [9.17, 15) is 4.79 Å². The molecule has 1 aliphatic heterocycles. The molecule has 1 aromatic rings. The van der Waals surface area contributed by atoms with E-state index in [1.807, 2.05) is 11.8 Å². The van der Waals surface area contributed by atoms with Gasteiger partial charge in [-0.1, -0.05) is 30.3 Å². The lowest BCUT2D eigenvalue weighted by atomic mass is 10.0. The number of carbonyl (C=O) groups excluding carboxylic acids is 1. The second-order valence-corrected chi connectivity index (χ2v) is 5.45. The molecule has 0 N–H and O–H groups in total. The molecule has 1 fully saturated rings. The van der Waals surface area contributed by atoms with Gasteiger partial charge in [-0.15, -0.1) is 0 Å². The fourth-order valence-electron chi connectivity index (χ4n) is 1.97. The largest absolute Gasteiger partial charge is 0.303 e. The lowest BCUT2D eigenvalue weighted by Crippen LogP contribution is -2.20. The second-order valence-electron chi connectivity index (χ2n) is 4.12. The van der Waals surface area contributed by atoms with Gasteiger partial charge in [0.25, 0.3) is 0 Å². The summed E-state index contributed by atoms with van der Waals surface area (Å²) in [6, 6.07) is 10.6. The Morgan fingerprint density at radius 1 is 1.27 bits per heavy atom. The molecule has 1 nitrogen and oxygen atoms in total. The summed E-state index contributed by atoms with van der Waals surface area (Å²) in [7, 11) is 0. The van der Waals surface area contributed by atoms with Crippen LogP contribution in [-0.2, 0) is 11.2 Å². The van der Waals surface area contributed by atoms with Gasteiger partial charge in [0.15, 0.2) is 0 Å². The molecule has 0 saturated carbocycles. The monoisotopic (exact) mass is 220 g/mol. The molecule has 15 heavy (non-hydrogen) atoms. The third-order valence-electron chi connectivity index (χ3n) is 2.90. The summed E-state index contributed by atoms with van der Waals surface area (Å²) in [4.78, 5) is 10.6. The third-order valence-corrected chi connectivity index (χ3v) is 4.40. The molecule has 2 unspecified atom stereocenters. The minimum Gasteiger partial charge on any atom is -0.303 e. The van der Waals surface area contributed by atoms with Gasteiger partial charge in [-0.25, -0.2) is 0 Å². The lowest BCUT2D eigenvalue weighted by Gasteiger charge is -2.24. The number of benzene rings is 1. The van der Waals surface area contributed by atoms with Crippen molar-refractivity contribution in [3.05, 3.63) is 35.9 Å². The molecule has 0 radical (unpaired) electrons. The van der Waals surface area contributed by atoms with Gasteiger partial charge in [0.2, 0.25) is 0 Å². The molecule has 0 bridgehead atoms. The van der Waals surface area contributed by atoms with Crippen molar-refractivity contribution in [2.24, 2.45) is 5.92 Å². The Hall–Kier alpha value is -0.760.